The second-order valence-corrected chi connectivity index (χ2v) is 11.5. The first kappa shape index (κ1) is 25.9. The maximum absolute atomic E-state index is 13.9. The van der Waals surface area contributed by atoms with E-state index < -0.39 is 23.6 Å². The Morgan fingerprint density at radius 3 is 2.70 bits per heavy atom. The van der Waals surface area contributed by atoms with Gasteiger partial charge < -0.3 is 28.4 Å². The fourth-order valence-corrected chi connectivity index (χ4v) is 7.35. The normalized spacial score (nSPS) is 32.9. The average Bonchev–Trinajstić information content (AvgIpc) is 3.64. The molecule has 3 fully saturated rings. The van der Waals surface area contributed by atoms with Gasteiger partial charge in [-0.25, -0.2) is 4.79 Å². The van der Waals surface area contributed by atoms with Gasteiger partial charge in [0.2, 0.25) is 12.4 Å². The summed E-state index contributed by atoms with van der Waals surface area (Å²) in [6.45, 7) is 6.04. The minimum Gasteiger partial charge on any atom is -0.497 e. The van der Waals surface area contributed by atoms with E-state index in [4.69, 9.17) is 28.4 Å². The van der Waals surface area contributed by atoms with Crippen LogP contribution < -0.4 is 9.47 Å². The number of fused-ring (bicyclic) bond motifs is 3. The number of methoxy groups -OCH3 is 1. The lowest BCUT2D eigenvalue weighted by Crippen LogP contribution is -2.56. The smallest absolute Gasteiger partial charge is 0.352 e. The summed E-state index contributed by atoms with van der Waals surface area (Å²) in [6.07, 6.45) is 8.62. The number of carbonyl (C=O) groups is 2. The molecule has 214 valence electrons. The van der Waals surface area contributed by atoms with Crippen LogP contribution in [0.1, 0.15) is 42.7 Å². The zero-order chi connectivity index (χ0) is 27.3. The molecule has 1 aromatic carbocycles. The van der Waals surface area contributed by atoms with Gasteiger partial charge in [-0.1, -0.05) is 12.2 Å². The van der Waals surface area contributed by atoms with E-state index >= 15 is 0 Å². The van der Waals surface area contributed by atoms with Crippen LogP contribution in [0.4, 0.5) is 0 Å². The van der Waals surface area contributed by atoms with Crippen molar-refractivity contribution in [2.24, 2.45) is 0 Å². The topological polar surface area (TPSA) is 96.0 Å². The van der Waals surface area contributed by atoms with Crippen LogP contribution in [0.5, 0.6) is 11.5 Å². The molecule has 0 saturated carbocycles. The van der Waals surface area contributed by atoms with E-state index in [0.29, 0.717) is 11.5 Å². The van der Waals surface area contributed by atoms with Crippen molar-refractivity contribution in [1.29, 1.82) is 0 Å². The number of rotatable bonds is 7. The van der Waals surface area contributed by atoms with Gasteiger partial charge in [0.1, 0.15) is 5.76 Å². The predicted molar refractivity (Wildman–Crippen MR) is 142 cm³/mol. The molecule has 4 atom stereocenters. The Balaban J connectivity index is 1.17. The Hall–Kier alpha value is -3.08. The van der Waals surface area contributed by atoms with Gasteiger partial charge in [-0.3, -0.25) is 14.6 Å². The Bertz CT molecular complexity index is 1250. The van der Waals surface area contributed by atoms with Crippen molar-refractivity contribution >= 4 is 11.9 Å². The first-order valence-electron chi connectivity index (χ1n) is 14.3. The highest BCUT2D eigenvalue weighted by molar-refractivity contribution is 5.94. The largest absolute Gasteiger partial charge is 0.497 e. The van der Waals surface area contributed by atoms with Gasteiger partial charge in [-0.05, 0) is 55.1 Å². The van der Waals surface area contributed by atoms with Gasteiger partial charge in [0.25, 0.3) is 0 Å². The minimum absolute atomic E-state index is 0.00366. The molecular formula is C30H36N2O8. The summed E-state index contributed by atoms with van der Waals surface area (Å²) in [4.78, 5) is 30.7. The molecule has 3 saturated heterocycles. The van der Waals surface area contributed by atoms with E-state index in [-0.39, 0.29) is 31.1 Å². The van der Waals surface area contributed by atoms with E-state index in [1.807, 2.05) is 12.2 Å². The Morgan fingerprint density at radius 1 is 1.12 bits per heavy atom. The molecule has 0 aromatic heterocycles. The summed E-state index contributed by atoms with van der Waals surface area (Å²) < 4.78 is 34.6. The SMILES string of the molecule is COC1=C[C@]23CCCN2CCc2cc4c(cc2[C@@H]3[C@@H]1OC(=O)[C@@]1(C/C=C/CN2CCOCC2)CC(=O)O1)OCO4. The first-order valence-corrected chi connectivity index (χ1v) is 14.3. The van der Waals surface area contributed by atoms with Crippen LogP contribution in [0.15, 0.2) is 36.1 Å². The average molecular weight is 553 g/mol. The lowest BCUT2D eigenvalue weighted by Gasteiger charge is -2.41. The highest BCUT2D eigenvalue weighted by Gasteiger charge is 2.60. The third-order valence-corrected chi connectivity index (χ3v) is 9.39. The molecule has 10 heteroatoms. The highest BCUT2D eigenvalue weighted by Crippen LogP contribution is 2.56. The number of morpholine rings is 1. The fraction of sp³-hybridized carbons (Fsp3) is 0.600. The number of ether oxygens (including phenoxy) is 6. The number of carbonyl (C=O) groups excluding carboxylic acids is 2. The van der Waals surface area contributed by atoms with E-state index in [2.05, 4.69) is 28.0 Å². The molecule has 1 aromatic rings. The molecule has 0 bridgehead atoms. The molecule has 40 heavy (non-hydrogen) atoms. The number of nitrogens with zero attached hydrogens (tertiary/aromatic N) is 2. The standard InChI is InChI=1S/C30H36N2O8/c1-35-24-17-29-6-4-9-32(29)10-5-20-15-22-23(38-19-37-22)16-21(20)26(29)27(24)39-28(34)30(18-25(33)40-30)7-2-3-8-31-11-13-36-14-12-31/h2-3,15-17,26-27H,4-14,18-19H2,1H3/b3-2+/t26-,27-,29+,30-/m1/s1. The van der Waals surface area contributed by atoms with Crippen LogP contribution in [-0.4, -0.2) is 98.8 Å². The number of benzene rings is 1. The maximum Gasteiger partial charge on any atom is 0.352 e. The van der Waals surface area contributed by atoms with Gasteiger partial charge in [-0.15, -0.1) is 0 Å². The zero-order valence-corrected chi connectivity index (χ0v) is 22.9. The minimum atomic E-state index is -1.31. The van der Waals surface area contributed by atoms with Gasteiger partial charge in [0.15, 0.2) is 17.6 Å². The quantitative estimate of drug-likeness (QED) is 0.370. The summed E-state index contributed by atoms with van der Waals surface area (Å²) in [6, 6.07) is 4.14. The van der Waals surface area contributed by atoms with E-state index in [1.165, 1.54) is 5.56 Å². The van der Waals surface area contributed by atoms with Crippen molar-refractivity contribution in [2.75, 3.05) is 59.8 Å². The maximum atomic E-state index is 13.9. The van der Waals surface area contributed by atoms with Gasteiger partial charge >= 0.3 is 11.9 Å². The summed E-state index contributed by atoms with van der Waals surface area (Å²) in [7, 11) is 1.63. The van der Waals surface area contributed by atoms with Crippen molar-refractivity contribution in [3.63, 3.8) is 0 Å². The molecule has 5 aliphatic heterocycles. The summed E-state index contributed by atoms with van der Waals surface area (Å²) in [5, 5.41) is 0. The molecule has 0 radical (unpaired) electrons. The lowest BCUT2D eigenvalue weighted by molar-refractivity contribution is -0.210. The van der Waals surface area contributed by atoms with Crippen LogP contribution in [0.25, 0.3) is 0 Å². The first-order chi connectivity index (χ1) is 19.5. The Kier molecular flexibility index (Phi) is 6.52. The van der Waals surface area contributed by atoms with Crippen molar-refractivity contribution in [2.45, 2.75) is 55.3 Å². The Labute approximate surface area is 233 Å². The fourth-order valence-electron chi connectivity index (χ4n) is 7.35. The van der Waals surface area contributed by atoms with Crippen LogP contribution in [0.2, 0.25) is 0 Å². The van der Waals surface area contributed by atoms with E-state index in [0.717, 1.165) is 76.5 Å². The van der Waals surface area contributed by atoms with Crippen molar-refractivity contribution in [3.05, 3.63) is 47.2 Å². The van der Waals surface area contributed by atoms with Crippen molar-refractivity contribution in [1.82, 2.24) is 9.80 Å². The molecule has 0 N–H and O–H groups in total. The third kappa shape index (κ3) is 4.19. The molecule has 5 heterocycles. The number of hydrogen-bond donors (Lipinski definition) is 0. The molecule has 1 aliphatic carbocycles. The number of esters is 2. The van der Waals surface area contributed by atoms with Crippen LogP contribution in [0.3, 0.4) is 0 Å². The Morgan fingerprint density at radius 2 is 1.93 bits per heavy atom. The molecule has 1 spiro atoms. The number of cyclic esters (lactones) is 1. The molecule has 0 unspecified atom stereocenters. The molecular weight excluding hydrogens is 516 g/mol. The van der Waals surface area contributed by atoms with Crippen LogP contribution in [0, 0.1) is 0 Å². The molecule has 6 aliphatic rings. The van der Waals surface area contributed by atoms with E-state index in [1.54, 1.807) is 7.11 Å². The molecule has 10 nitrogen and oxygen atoms in total. The summed E-state index contributed by atoms with van der Waals surface area (Å²) in [5.41, 5.74) is 0.632. The van der Waals surface area contributed by atoms with Gasteiger partial charge in [0, 0.05) is 32.6 Å². The molecule has 0 amide bonds. The van der Waals surface area contributed by atoms with Gasteiger partial charge in [0.05, 0.1) is 38.2 Å². The van der Waals surface area contributed by atoms with Crippen molar-refractivity contribution in [3.8, 4) is 11.5 Å². The predicted octanol–water partition coefficient (Wildman–Crippen LogP) is 2.31. The van der Waals surface area contributed by atoms with Crippen molar-refractivity contribution < 1.29 is 38.0 Å². The zero-order valence-electron chi connectivity index (χ0n) is 22.9. The third-order valence-electron chi connectivity index (χ3n) is 9.39. The van der Waals surface area contributed by atoms with E-state index in [9.17, 15) is 9.59 Å². The summed E-state index contributed by atoms with van der Waals surface area (Å²) in [5.74, 6) is 1.02. The van der Waals surface area contributed by atoms with Crippen LogP contribution in [-0.2, 0) is 35.0 Å². The van der Waals surface area contributed by atoms with Gasteiger partial charge in [-0.2, -0.15) is 0 Å². The highest BCUT2D eigenvalue weighted by atomic mass is 16.7. The molecule has 7 rings (SSSR count). The second-order valence-electron chi connectivity index (χ2n) is 11.5. The number of hydrogen-bond acceptors (Lipinski definition) is 10. The van der Waals surface area contributed by atoms with Crippen LogP contribution >= 0.6 is 0 Å². The summed E-state index contributed by atoms with van der Waals surface area (Å²) >= 11 is 0. The lowest BCUT2D eigenvalue weighted by atomic mass is 9.77. The second kappa shape index (κ2) is 10.1. The monoisotopic (exact) mass is 552 g/mol.